The highest BCUT2D eigenvalue weighted by Gasteiger charge is 2.19. The van der Waals surface area contributed by atoms with Crippen LogP contribution in [0, 0.1) is 11.7 Å². The minimum atomic E-state index is -3.07. The molecule has 0 aliphatic heterocycles. The molecule has 0 fully saturated rings. The molecule has 0 aliphatic carbocycles. The smallest absolute Gasteiger partial charge is 0.152 e. The zero-order valence-corrected chi connectivity index (χ0v) is 12.2. The fourth-order valence-corrected chi connectivity index (χ4v) is 2.91. The van der Waals surface area contributed by atoms with E-state index in [1.54, 1.807) is 26.0 Å². The van der Waals surface area contributed by atoms with Gasteiger partial charge in [0.15, 0.2) is 9.84 Å². The van der Waals surface area contributed by atoms with Crippen molar-refractivity contribution in [3.63, 3.8) is 0 Å². The van der Waals surface area contributed by atoms with Gasteiger partial charge >= 0.3 is 0 Å². The van der Waals surface area contributed by atoms with Crippen molar-refractivity contribution in [3.8, 4) is 0 Å². The number of benzene rings is 1. The molecule has 0 heterocycles. The van der Waals surface area contributed by atoms with Crippen LogP contribution in [0.3, 0.4) is 0 Å². The Hall–Kier alpha value is -0.940. The van der Waals surface area contributed by atoms with Crippen molar-refractivity contribution in [3.05, 3.63) is 35.6 Å². The molecule has 1 unspecified atom stereocenters. The molecule has 0 saturated carbocycles. The summed E-state index contributed by atoms with van der Waals surface area (Å²) in [5, 5.41) is 8.92. The van der Waals surface area contributed by atoms with Gasteiger partial charge in [0.2, 0.25) is 0 Å². The van der Waals surface area contributed by atoms with E-state index in [9.17, 15) is 17.9 Å². The first-order valence-corrected chi connectivity index (χ1v) is 8.13. The third-order valence-corrected chi connectivity index (χ3v) is 5.47. The molecule has 5 heteroatoms. The van der Waals surface area contributed by atoms with Crippen LogP contribution in [-0.2, 0) is 16.3 Å². The van der Waals surface area contributed by atoms with Crippen LogP contribution < -0.4 is 0 Å². The molecule has 108 valence electrons. The first-order chi connectivity index (χ1) is 8.85. The second-order valence-corrected chi connectivity index (χ2v) is 7.76. The highest BCUT2D eigenvalue weighted by Crippen LogP contribution is 2.15. The van der Waals surface area contributed by atoms with Crippen molar-refractivity contribution in [1.82, 2.24) is 0 Å². The van der Waals surface area contributed by atoms with E-state index in [0.29, 0.717) is 12.8 Å². The van der Waals surface area contributed by atoms with E-state index >= 15 is 0 Å². The molecule has 0 spiro atoms. The minimum Gasteiger partial charge on any atom is -0.396 e. The van der Waals surface area contributed by atoms with Gasteiger partial charge in [-0.3, -0.25) is 0 Å². The zero-order chi connectivity index (χ0) is 14.5. The Morgan fingerprint density at radius 1 is 1.21 bits per heavy atom. The summed E-state index contributed by atoms with van der Waals surface area (Å²) in [6.45, 7) is 3.25. The van der Waals surface area contributed by atoms with E-state index in [1.165, 1.54) is 12.1 Å². The lowest BCUT2D eigenvalue weighted by molar-refractivity contribution is 0.222. The van der Waals surface area contributed by atoms with Gasteiger partial charge in [0.25, 0.3) is 0 Å². The average molecular weight is 288 g/mol. The van der Waals surface area contributed by atoms with Gasteiger partial charge in [0.1, 0.15) is 5.82 Å². The normalized spacial score (nSPS) is 13.7. The van der Waals surface area contributed by atoms with Crippen LogP contribution in [0.2, 0.25) is 0 Å². The van der Waals surface area contributed by atoms with E-state index < -0.39 is 15.1 Å². The third-order valence-electron chi connectivity index (χ3n) is 3.22. The molecule has 1 aromatic carbocycles. The number of aliphatic hydroxyl groups is 1. The molecule has 0 saturated heterocycles. The summed E-state index contributed by atoms with van der Waals surface area (Å²) >= 11 is 0. The summed E-state index contributed by atoms with van der Waals surface area (Å²) in [6, 6.07) is 6.06. The molecule has 1 rings (SSSR count). The van der Waals surface area contributed by atoms with Gasteiger partial charge in [0.05, 0.1) is 11.0 Å². The van der Waals surface area contributed by atoms with Crippen LogP contribution in [0.5, 0.6) is 0 Å². The maximum Gasteiger partial charge on any atom is 0.152 e. The van der Waals surface area contributed by atoms with Crippen molar-refractivity contribution < 1.29 is 17.9 Å². The summed E-state index contributed by atoms with van der Waals surface area (Å²) in [5.41, 5.74) is 0.905. The minimum absolute atomic E-state index is 0.0645. The first-order valence-electron chi connectivity index (χ1n) is 6.42. The molecule has 0 aliphatic rings. The van der Waals surface area contributed by atoms with Gasteiger partial charge in [-0.25, -0.2) is 12.8 Å². The van der Waals surface area contributed by atoms with Crippen molar-refractivity contribution in [2.45, 2.75) is 31.9 Å². The number of sulfone groups is 1. The number of hydrogen-bond acceptors (Lipinski definition) is 3. The summed E-state index contributed by atoms with van der Waals surface area (Å²) in [4.78, 5) is 0. The van der Waals surface area contributed by atoms with Crippen LogP contribution in [0.1, 0.15) is 25.8 Å². The lowest BCUT2D eigenvalue weighted by Crippen LogP contribution is -2.21. The summed E-state index contributed by atoms with van der Waals surface area (Å²) < 4.78 is 36.2. The maximum atomic E-state index is 12.8. The van der Waals surface area contributed by atoms with Crippen LogP contribution in [0.25, 0.3) is 0 Å². The Kier molecular flexibility index (Phi) is 5.94. The summed E-state index contributed by atoms with van der Waals surface area (Å²) in [5.74, 6) is -0.331. The molecule has 0 radical (unpaired) electrons. The van der Waals surface area contributed by atoms with Crippen molar-refractivity contribution in [2.24, 2.45) is 5.92 Å². The zero-order valence-electron chi connectivity index (χ0n) is 11.3. The summed E-state index contributed by atoms with van der Waals surface area (Å²) in [6.07, 6.45) is 0.985. The van der Waals surface area contributed by atoms with E-state index in [2.05, 4.69) is 0 Å². The third kappa shape index (κ3) is 5.28. The second-order valence-electron chi connectivity index (χ2n) is 5.08. The number of aliphatic hydroxyl groups excluding tert-OH is 1. The van der Waals surface area contributed by atoms with Gasteiger partial charge in [-0.1, -0.05) is 12.1 Å². The molecular formula is C14H21FO3S. The van der Waals surface area contributed by atoms with E-state index in [1.807, 2.05) is 0 Å². The average Bonchev–Trinajstić information content (AvgIpc) is 2.36. The lowest BCUT2D eigenvalue weighted by Gasteiger charge is -2.15. The molecule has 19 heavy (non-hydrogen) atoms. The van der Waals surface area contributed by atoms with Crippen molar-refractivity contribution in [2.75, 3.05) is 12.4 Å². The molecule has 0 bridgehead atoms. The van der Waals surface area contributed by atoms with Gasteiger partial charge in [-0.15, -0.1) is 0 Å². The van der Waals surface area contributed by atoms with Crippen LogP contribution in [0.15, 0.2) is 24.3 Å². The lowest BCUT2D eigenvalue weighted by atomic mass is 9.98. The van der Waals surface area contributed by atoms with Crippen LogP contribution in [-0.4, -0.2) is 31.1 Å². The molecule has 0 aromatic heterocycles. The topological polar surface area (TPSA) is 54.4 Å². The van der Waals surface area contributed by atoms with Crippen LogP contribution in [0.4, 0.5) is 4.39 Å². The fourth-order valence-electron chi connectivity index (χ4n) is 1.78. The van der Waals surface area contributed by atoms with Gasteiger partial charge in [-0.05, 0) is 50.3 Å². The Balaban J connectivity index is 2.57. The number of hydrogen-bond donors (Lipinski definition) is 1. The molecule has 1 aromatic rings. The predicted molar refractivity (Wildman–Crippen MR) is 74.2 cm³/mol. The van der Waals surface area contributed by atoms with E-state index in [-0.39, 0.29) is 24.1 Å². The van der Waals surface area contributed by atoms with E-state index in [4.69, 9.17) is 0 Å². The molecular weight excluding hydrogens is 267 g/mol. The summed E-state index contributed by atoms with van der Waals surface area (Å²) in [7, 11) is -3.07. The standard InChI is InChI=1S/C14H21FO3S/c1-11(2)19(17,18)8-7-13(10-16)9-12-3-5-14(15)6-4-12/h3-6,11,13,16H,7-10H2,1-2H3. The quantitative estimate of drug-likeness (QED) is 0.837. The van der Waals surface area contributed by atoms with E-state index in [0.717, 1.165) is 5.56 Å². The SMILES string of the molecule is CC(C)S(=O)(=O)CCC(CO)Cc1ccc(F)cc1. The highest BCUT2D eigenvalue weighted by molar-refractivity contribution is 7.91. The van der Waals surface area contributed by atoms with Crippen LogP contribution >= 0.6 is 0 Å². The molecule has 0 amide bonds. The maximum absolute atomic E-state index is 12.8. The monoisotopic (exact) mass is 288 g/mol. The Morgan fingerprint density at radius 2 is 1.79 bits per heavy atom. The number of halogens is 1. The predicted octanol–water partition coefficient (Wildman–Crippen LogP) is 2.19. The number of rotatable bonds is 7. The molecule has 3 nitrogen and oxygen atoms in total. The fraction of sp³-hybridized carbons (Fsp3) is 0.571. The Morgan fingerprint density at radius 3 is 2.26 bits per heavy atom. The molecule has 1 atom stereocenters. The van der Waals surface area contributed by atoms with Gasteiger partial charge < -0.3 is 5.11 Å². The largest absolute Gasteiger partial charge is 0.396 e. The molecule has 1 N–H and O–H groups in total. The van der Waals surface area contributed by atoms with Crippen molar-refractivity contribution >= 4 is 9.84 Å². The second kappa shape index (κ2) is 7.01. The van der Waals surface area contributed by atoms with Gasteiger partial charge in [-0.2, -0.15) is 0 Å². The van der Waals surface area contributed by atoms with Gasteiger partial charge in [0, 0.05) is 6.61 Å². The first kappa shape index (κ1) is 16.1. The Labute approximate surface area is 114 Å². The highest BCUT2D eigenvalue weighted by atomic mass is 32.2. The Bertz CT molecular complexity index is 480. The van der Waals surface area contributed by atoms with Crippen molar-refractivity contribution in [1.29, 1.82) is 0 Å².